The molecule has 0 fully saturated rings. The Morgan fingerprint density at radius 3 is 1.85 bits per heavy atom. The van der Waals surface area contributed by atoms with Crippen molar-refractivity contribution in [2.75, 3.05) is 0 Å². The van der Waals surface area contributed by atoms with Gasteiger partial charge in [-0.05, 0) is 64.5 Å². The molecule has 72 heavy (non-hydrogen) atoms. The number of hydrogen-bond acceptors (Lipinski definition) is 10. The van der Waals surface area contributed by atoms with Gasteiger partial charge in [-0.25, -0.2) is 0 Å². The summed E-state index contributed by atoms with van der Waals surface area (Å²) in [7, 11) is 40.3. The van der Waals surface area contributed by atoms with Gasteiger partial charge in [-0.2, -0.15) is 0 Å². The first-order valence-electron chi connectivity index (χ1n) is 22.0. The van der Waals surface area contributed by atoms with Gasteiger partial charge >= 0.3 is 5.95 Å². The van der Waals surface area contributed by atoms with Gasteiger partial charge in [0.05, 0.1) is 44.2 Å². The van der Waals surface area contributed by atoms with Gasteiger partial charge < -0.3 is 48.4 Å². The van der Waals surface area contributed by atoms with Crippen molar-refractivity contribution in [2.45, 2.75) is 0 Å². The van der Waals surface area contributed by atoms with E-state index in [4.69, 9.17) is 65.1 Å². The lowest BCUT2D eigenvalue weighted by Gasteiger charge is -2.13. The second-order valence-corrected chi connectivity index (χ2v) is 17.3. The van der Waals surface area contributed by atoms with Gasteiger partial charge in [0.1, 0.15) is 50.6 Å². The maximum atomic E-state index is 12.2. The Morgan fingerprint density at radius 1 is 0.528 bits per heavy atom. The largest absolute Gasteiger partial charge is 0.509 e. The van der Waals surface area contributed by atoms with Crippen LogP contribution in [0.3, 0.4) is 0 Å². The predicted octanol–water partition coefficient (Wildman–Crippen LogP) is 8.91. The van der Waals surface area contributed by atoms with Gasteiger partial charge in [0.2, 0.25) is 11.3 Å². The van der Waals surface area contributed by atoms with Crippen molar-refractivity contribution >= 4 is 179 Å². The molecule has 12 aromatic rings. The second-order valence-electron chi connectivity index (χ2n) is 17.3. The summed E-state index contributed by atoms with van der Waals surface area (Å²) in [4.78, 5) is 0. The number of furan rings is 2. The summed E-state index contributed by atoms with van der Waals surface area (Å²) in [5.74, 6) is -5.15. The smallest absolute Gasteiger partial charge is 0.319 e. The minimum atomic E-state index is -1.52. The average molecular weight is 930 g/mol. The van der Waals surface area contributed by atoms with Crippen LogP contribution in [0.15, 0.2) is 158 Å². The van der Waals surface area contributed by atoms with Crippen LogP contribution in [0.25, 0.3) is 127 Å². The molecule has 12 rings (SSSR count). The predicted molar refractivity (Wildman–Crippen MR) is 289 cm³/mol. The zero-order chi connectivity index (χ0) is 50.3. The van der Waals surface area contributed by atoms with Gasteiger partial charge in [-0.1, -0.05) is 96.3 Å². The van der Waals surface area contributed by atoms with Crippen molar-refractivity contribution in [2.24, 2.45) is 0 Å². The van der Waals surface area contributed by atoms with E-state index in [0.717, 1.165) is 38.6 Å². The number of aliphatic hydroxyl groups excluding tert-OH is 4. The Balaban J connectivity index is 1.29. The quantitative estimate of drug-likeness (QED) is 0.0408. The van der Waals surface area contributed by atoms with Crippen molar-refractivity contribution in [3.05, 3.63) is 156 Å². The van der Waals surface area contributed by atoms with Gasteiger partial charge in [-0.3, -0.25) is 9.15 Å². The number of aromatic hydroxyl groups is 1. The molecule has 0 saturated heterocycles. The second kappa shape index (κ2) is 15.7. The molecular weight excluding hydrogens is 901 g/mol. The maximum Gasteiger partial charge on any atom is 0.319 e. The molecule has 332 valence electrons. The van der Waals surface area contributed by atoms with Crippen molar-refractivity contribution in [1.82, 2.24) is 8.97 Å². The Labute approximate surface area is 414 Å². The van der Waals surface area contributed by atoms with Crippen molar-refractivity contribution in [1.29, 1.82) is 0 Å². The van der Waals surface area contributed by atoms with E-state index < -0.39 is 45.9 Å². The highest BCUT2D eigenvalue weighted by Gasteiger charge is 2.30. The average Bonchev–Trinajstić information content (AvgIpc) is 4.13. The van der Waals surface area contributed by atoms with Crippen LogP contribution >= 0.6 is 0 Å². The molecule has 12 radical (unpaired) electrons. The topological polar surface area (TPSA) is 183 Å². The number of hydrogen-bond donors (Lipinski definition) is 6. The molecule has 2 bridgehead atoms. The van der Waals surface area contributed by atoms with Crippen LogP contribution in [0.2, 0.25) is 0 Å². The number of aliphatic hydroxyl groups is 5. The molecule has 0 spiro atoms. The van der Waals surface area contributed by atoms with Gasteiger partial charge in [-0.15, -0.1) is 0 Å². The number of allylic oxidation sites excluding steroid dienone is 1. The van der Waals surface area contributed by atoms with Crippen LogP contribution in [0.4, 0.5) is 0 Å². The summed E-state index contributed by atoms with van der Waals surface area (Å²) in [6.07, 6.45) is 0. The number of aromatic nitrogens is 2. The molecule has 6 N–H and O–H groups in total. The van der Waals surface area contributed by atoms with Crippen LogP contribution in [0, 0.1) is 0 Å². The van der Waals surface area contributed by atoms with Crippen LogP contribution in [-0.4, -0.2) is 86.7 Å². The molecule has 7 aromatic carbocycles. The first-order valence-corrected chi connectivity index (χ1v) is 22.0. The van der Waals surface area contributed by atoms with Gasteiger partial charge in [0.25, 0.3) is 0 Å². The molecule has 12 nitrogen and oxygen atoms in total. The first kappa shape index (κ1) is 44.2. The van der Waals surface area contributed by atoms with Crippen molar-refractivity contribution in [3.8, 4) is 22.6 Å². The molecular formula is C54H28B6N2O10. The minimum absolute atomic E-state index is 0.0260. The summed E-state index contributed by atoms with van der Waals surface area (Å²) in [5.41, 5.74) is 2.35. The van der Waals surface area contributed by atoms with E-state index in [-0.39, 0.29) is 77.0 Å². The van der Waals surface area contributed by atoms with Crippen LogP contribution in [0.1, 0.15) is 16.9 Å². The van der Waals surface area contributed by atoms with Crippen LogP contribution < -0.4 is 22.0 Å². The fourth-order valence-corrected chi connectivity index (χ4v) is 10.2. The zero-order valence-corrected chi connectivity index (χ0v) is 37.5. The minimum Gasteiger partial charge on any atom is -0.509 e. The van der Waals surface area contributed by atoms with E-state index >= 15 is 0 Å². The summed E-state index contributed by atoms with van der Waals surface area (Å²) in [6.45, 7) is 7.00. The molecule has 0 amide bonds. The molecule has 0 aliphatic heterocycles. The molecule has 0 atom stereocenters. The number of benzene rings is 7. The van der Waals surface area contributed by atoms with E-state index in [1.54, 1.807) is 16.5 Å². The van der Waals surface area contributed by atoms with Crippen molar-refractivity contribution < 1.29 is 48.6 Å². The summed E-state index contributed by atoms with van der Waals surface area (Å²) < 4.78 is 28.3. The SMILES string of the molecule is [B]/C(C(=C)O)=C(\[B])c1c([B])oc2c1c(O)c1ooc3c([B])c4oc(C(=C)O)c(C(O)=C(O)O)c4c([B])c3c3cccc4c5cc(-c6ccc7c(c6)c6ccccc6n7-c6ccccc6)ccc5n(c2c1[B])c43. The Morgan fingerprint density at radius 2 is 1.15 bits per heavy atom. The standard InChI is InChI=1S/C54H28B6N2O10/c1-21(63)39(55)41(57)36-38-46(65)52-42(58)45(51(38)70-53(36)60)62-33-18-16-24(23-15-17-32-29(19-23)26-11-6-7-14-31(26)61(32)25-9-4-3-5-10-25)20-30(33)27-12-8-13-28(44(27)62)34-40(56)35-37(47(66)54(67)68)48(22(2)64)69-49(35)43(59)50(34)71-72-52/h3-20,63-68H,1-2H2/b41-39-. The van der Waals surface area contributed by atoms with E-state index in [1.807, 2.05) is 54.6 Å². The zero-order valence-electron chi connectivity index (χ0n) is 37.5. The third-order valence-corrected chi connectivity index (χ3v) is 13.4. The number of para-hydroxylation sites is 3. The lowest BCUT2D eigenvalue weighted by molar-refractivity contribution is 0.0900. The van der Waals surface area contributed by atoms with Gasteiger partial charge in [0.15, 0.2) is 36.3 Å². The summed E-state index contributed by atoms with van der Waals surface area (Å²) in [6, 6.07) is 35.9. The number of rotatable bonds is 6. The lowest BCUT2D eigenvalue weighted by atomic mass is 9.73. The number of phenolic OH excluding ortho intramolecular Hbond substituents is 1. The van der Waals surface area contributed by atoms with Crippen molar-refractivity contribution in [3.63, 3.8) is 0 Å². The maximum absolute atomic E-state index is 12.2. The van der Waals surface area contributed by atoms with Crippen LogP contribution in [-0.2, 0) is 0 Å². The Bertz CT molecular complexity index is 4580. The molecule has 5 aromatic heterocycles. The number of fused-ring (bicyclic) bond motifs is 14. The highest BCUT2D eigenvalue weighted by Crippen LogP contribution is 2.44. The molecule has 5 heterocycles. The third kappa shape index (κ3) is 6.01. The number of nitrogens with zero attached hydrogens (tertiary/aromatic N) is 2. The number of phenols is 1. The fraction of sp³-hybridized carbons (Fsp3) is 0. The van der Waals surface area contributed by atoms with Crippen LogP contribution in [0.5, 0.6) is 5.75 Å². The Hall–Kier alpha value is -9.03. The molecule has 0 unspecified atom stereocenters. The van der Waals surface area contributed by atoms with E-state index in [9.17, 15) is 30.6 Å². The molecule has 18 heteroatoms. The highest BCUT2D eigenvalue weighted by molar-refractivity contribution is 6.56. The summed E-state index contributed by atoms with van der Waals surface area (Å²) in [5, 5.41) is 68.0. The van der Waals surface area contributed by atoms with E-state index in [0.29, 0.717) is 27.2 Å². The monoisotopic (exact) mass is 930 g/mol. The third-order valence-electron chi connectivity index (χ3n) is 13.4. The lowest BCUT2D eigenvalue weighted by Crippen LogP contribution is -2.16. The summed E-state index contributed by atoms with van der Waals surface area (Å²) >= 11 is 0. The van der Waals surface area contributed by atoms with Gasteiger partial charge in [0, 0.05) is 49.0 Å². The highest BCUT2D eigenvalue weighted by atomic mass is 17.0. The molecule has 0 saturated carbocycles. The van der Waals surface area contributed by atoms with E-state index in [1.165, 1.54) is 0 Å². The van der Waals surface area contributed by atoms with E-state index in [2.05, 4.69) is 60.2 Å². The normalized spacial score (nSPS) is 12.3. The fourth-order valence-electron chi connectivity index (χ4n) is 10.2. The Kier molecular flexibility index (Phi) is 9.66. The molecule has 0 aliphatic carbocycles. The molecule has 0 aliphatic rings. The first-order chi connectivity index (χ1) is 34.6.